The van der Waals surface area contributed by atoms with E-state index in [1.165, 1.54) is 23.9 Å². The highest BCUT2D eigenvalue weighted by Crippen LogP contribution is 2.24. The molecule has 0 saturated carbocycles. The number of thioether (sulfide) groups is 1. The highest BCUT2D eigenvalue weighted by molar-refractivity contribution is 8.00. The van der Waals surface area contributed by atoms with Crippen molar-refractivity contribution in [3.8, 4) is 5.69 Å². The van der Waals surface area contributed by atoms with E-state index in [0.717, 1.165) is 5.69 Å². The van der Waals surface area contributed by atoms with Crippen LogP contribution >= 0.6 is 11.8 Å². The van der Waals surface area contributed by atoms with Crippen LogP contribution in [-0.4, -0.2) is 42.4 Å². The number of carbonyl (C=O) groups is 2. The fourth-order valence-corrected chi connectivity index (χ4v) is 2.98. The number of benzene rings is 2. The summed E-state index contributed by atoms with van der Waals surface area (Å²) in [5.74, 6) is -1.33. The SMILES string of the molecule is CC(Sc1nnnn1-c1ccccc1)C(=O)Nc1cccc(C(=O)O)c1. The number of nitrogens with zero attached hydrogens (tertiary/aromatic N) is 4. The summed E-state index contributed by atoms with van der Waals surface area (Å²) in [7, 11) is 0. The Morgan fingerprint density at radius 1 is 1.15 bits per heavy atom. The fraction of sp³-hybridized carbons (Fsp3) is 0.118. The van der Waals surface area contributed by atoms with Crippen molar-refractivity contribution < 1.29 is 14.7 Å². The molecule has 2 N–H and O–H groups in total. The lowest BCUT2D eigenvalue weighted by Crippen LogP contribution is -2.23. The monoisotopic (exact) mass is 369 g/mol. The normalized spacial score (nSPS) is 11.7. The van der Waals surface area contributed by atoms with E-state index in [2.05, 4.69) is 20.8 Å². The Kier molecular flexibility index (Phi) is 5.28. The van der Waals surface area contributed by atoms with Gasteiger partial charge in [-0.25, -0.2) is 4.79 Å². The number of carbonyl (C=O) groups excluding carboxylic acids is 1. The smallest absolute Gasteiger partial charge is 0.335 e. The quantitative estimate of drug-likeness (QED) is 0.642. The van der Waals surface area contributed by atoms with Crippen molar-refractivity contribution in [1.29, 1.82) is 0 Å². The van der Waals surface area contributed by atoms with E-state index in [4.69, 9.17) is 5.11 Å². The van der Waals surface area contributed by atoms with Gasteiger partial charge in [0.2, 0.25) is 11.1 Å². The molecule has 0 bridgehead atoms. The van der Waals surface area contributed by atoms with E-state index in [9.17, 15) is 9.59 Å². The summed E-state index contributed by atoms with van der Waals surface area (Å²) in [5, 5.41) is 23.3. The van der Waals surface area contributed by atoms with E-state index in [1.54, 1.807) is 23.7 Å². The lowest BCUT2D eigenvalue weighted by atomic mass is 10.2. The van der Waals surface area contributed by atoms with Gasteiger partial charge in [0, 0.05) is 5.69 Å². The van der Waals surface area contributed by atoms with Gasteiger partial charge in [0.15, 0.2) is 0 Å². The minimum atomic E-state index is -1.05. The first kappa shape index (κ1) is 17.6. The molecule has 1 unspecified atom stereocenters. The molecule has 0 aliphatic heterocycles. The average Bonchev–Trinajstić information content (AvgIpc) is 3.10. The molecule has 0 spiro atoms. The molecule has 0 saturated heterocycles. The molecule has 9 heteroatoms. The zero-order valence-electron chi connectivity index (χ0n) is 13.7. The second-order valence-corrected chi connectivity index (χ2v) is 6.65. The number of rotatable bonds is 6. The predicted octanol–water partition coefficient (Wildman–Crippen LogP) is 2.48. The van der Waals surface area contributed by atoms with Crippen LogP contribution in [0.25, 0.3) is 5.69 Å². The maximum Gasteiger partial charge on any atom is 0.335 e. The van der Waals surface area contributed by atoms with Gasteiger partial charge >= 0.3 is 5.97 Å². The van der Waals surface area contributed by atoms with E-state index in [-0.39, 0.29) is 11.5 Å². The van der Waals surface area contributed by atoms with Gasteiger partial charge in [0.25, 0.3) is 0 Å². The summed E-state index contributed by atoms with van der Waals surface area (Å²) < 4.78 is 1.56. The van der Waals surface area contributed by atoms with Crippen molar-refractivity contribution in [3.63, 3.8) is 0 Å². The molecule has 0 aliphatic carbocycles. The Bertz CT molecular complexity index is 929. The molecule has 1 amide bonds. The van der Waals surface area contributed by atoms with Gasteiger partial charge < -0.3 is 10.4 Å². The van der Waals surface area contributed by atoms with Gasteiger partial charge in [-0.3, -0.25) is 4.79 Å². The van der Waals surface area contributed by atoms with Crippen LogP contribution in [-0.2, 0) is 4.79 Å². The number of anilines is 1. The number of carboxylic acids is 1. The van der Waals surface area contributed by atoms with Gasteiger partial charge in [0.1, 0.15) is 0 Å². The van der Waals surface area contributed by atoms with Crippen molar-refractivity contribution in [1.82, 2.24) is 20.2 Å². The van der Waals surface area contributed by atoms with Crippen LogP contribution in [0.3, 0.4) is 0 Å². The molecule has 0 fully saturated rings. The lowest BCUT2D eigenvalue weighted by molar-refractivity contribution is -0.115. The van der Waals surface area contributed by atoms with E-state index in [1.807, 2.05) is 30.3 Å². The number of aromatic nitrogens is 4. The maximum absolute atomic E-state index is 12.4. The summed E-state index contributed by atoms with van der Waals surface area (Å²) in [6, 6.07) is 15.4. The Hall–Kier alpha value is -3.20. The highest BCUT2D eigenvalue weighted by atomic mass is 32.2. The van der Waals surface area contributed by atoms with Gasteiger partial charge in [-0.15, -0.1) is 5.10 Å². The van der Waals surface area contributed by atoms with E-state index >= 15 is 0 Å². The summed E-state index contributed by atoms with van der Waals surface area (Å²) in [6.07, 6.45) is 0. The van der Waals surface area contributed by atoms with Crippen molar-refractivity contribution in [3.05, 3.63) is 60.2 Å². The van der Waals surface area contributed by atoms with Crippen LogP contribution in [0.2, 0.25) is 0 Å². The van der Waals surface area contributed by atoms with Crippen LogP contribution in [0.5, 0.6) is 0 Å². The zero-order valence-corrected chi connectivity index (χ0v) is 14.6. The predicted molar refractivity (Wildman–Crippen MR) is 96.5 cm³/mol. The number of hydrogen-bond acceptors (Lipinski definition) is 6. The lowest BCUT2D eigenvalue weighted by Gasteiger charge is -2.12. The molecule has 1 aromatic heterocycles. The molecule has 1 heterocycles. The maximum atomic E-state index is 12.4. The summed E-state index contributed by atoms with van der Waals surface area (Å²) in [4.78, 5) is 23.4. The Labute approximate surface area is 153 Å². The second kappa shape index (κ2) is 7.79. The molecular weight excluding hydrogens is 354 g/mol. The third-order valence-corrected chi connectivity index (χ3v) is 4.50. The molecule has 132 valence electrons. The summed E-state index contributed by atoms with van der Waals surface area (Å²) >= 11 is 1.21. The van der Waals surface area contributed by atoms with Crippen LogP contribution in [0.15, 0.2) is 59.8 Å². The number of amides is 1. The minimum Gasteiger partial charge on any atom is -0.478 e. The Morgan fingerprint density at radius 3 is 2.65 bits per heavy atom. The number of carboxylic acid groups (broad SMARTS) is 1. The van der Waals surface area contributed by atoms with Crippen LogP contribution < -0.4 is 5.32 Å². The topological polar surface area (TPSA) is 110 Å². The second-order valence-electron chi connectivity index (χ2n) is 5.34. The fourth-order valence-electron chi connectivity index (χ4n) is 2.17. The van der Waals surface area contributed by atoms with Crippen LogP contribution in [0.4, 0.5) is 5.69 Å². The molecule has 0 aliphatic rings. The summed E-state index contributed by atoms with van der Waals surface area (Å²) in [6.45, 7) is 1.73. The van der Waals surface area contributed by atoms with Crippen LogP contribution in [0.1, 0.15) is 17.3 Å². The minimum absolute atomic E-state index is 0.108. The third-order valence-electron chi connectivity index (χ3n) is 3.47. The van der Waals surface area contributed by atoms with Crippen molar-refractivity contribution in [2.24, 2.45) is 0 Å². The molecular formula is C17H15N5O3S. The molecule has 0 radical (unpaired) electrons. The molecule has 26 heavy (non-hydrogen) atoms. The van der Waals surface area contributed by atoms with Gasteiger partial charge in [-0.05, 0) is 47.7 Å². The molecule has 1 atom stereocenters. The van der Waals surface area contributed by atoms with E-state index < -0.39 is 11.2 Å². The standard InChI is InChI=1S/C17H15N5O3S/c1-11(15(23)18-13-7-5-6-12(10-13)16(24)25)26-17-19-20-21-22(17)14-8-3-2-4-9-14/h2-11H,1H3,(H,18,23)(H,24,25). The number of para-hydroxylation sites is 1. The number of hydrogen-bond donors (Lipinski definition) is 2. The highest BCUT2D eigenvalue weighted by Gasteiger charge is 2.19. The molecule has 8 nitrogen and oxygen atoms in total. The number of tetrazole rings is 1. The average molecular weight is 369 g/mol. The third kappa shape index (κ3) is 4.06. The van der Waals surface area contributed by atoms with Crippen molar-refractivity contribution in [2.45, 2.75) is 17.3 Å². The van der Waals surface area contributed by atoms with Crippen molar-refractivity contribution in [2.75, 3.05) is 5.32 Å². The first-order chi connectivity index (χ1) is 12.5. The van der Waals surface area contributed by atoms with Gasteiger partial charge in [-0.2, -0.15) is 4.68 Å². The number of aromatic carboxylic acids is 1. The molecule has 3 aromatic rings. The van der Waals surface area contributed by atoms with E-state index in [0.29, 0.717) is 10.8 Å². The first-order valence-corrected chi connectivity index (χ1v) is 8.57. The largest absolute Gasteiger partial charge is 0.478 e. The molecule has 3 rings (SSSR count). The Balaban J connectivity index is 1.70. The summed E-state index contributed by atoms with van der Waals surface area (Å²) in [5.41, 5.74) is 1.32. The van der Waals surface area contributed by atoms with Crippen molar-refractivity contribution >= 4 is 29.3 Å². The first-order valence-electron chi connectivity index (χ1n) is 7.69. The zero-order chi connectivity index (χ0) is 18.5. The Morgan fingerprint density at radius 2 is 1.92 bits per heavy atom. The van der Waals surface area contributed by atoms with Gasteiger partial charge in [-0.1, -0.05) is 36.0 Å². The molecule has 2 aromatic carbocycles. The number of nitrogens with one attached hydrogen (secondary N) is 1. The van der Waals surface area contributed by atoms with Gasteiger partial charge in [0.05, 0.1) is 16.5 Å². The van der Waals surface area contributed by atoms with Crippen LogP contribution in [0, 0.1) is 0 Å².